The summed E-state index contributed by atoms with van der Waals surface area (Å²) in [6.45, 7) is 0. The van der Waals surface area contributed by atoms with E-state index in [-0.39, 0.29) is 11.5 Å². The van der Waals surface area contributed by atoms with Crippen molar-refractivity contribution >= 4 is 11.6 Å². The van der Waals surface area contributed by atoms with Crippen LogP contribution >= 0.6 is 0 Å². The summed E-state index contributed by atoms with van der Waals surface area (Å²) in [6, 6.07) is 11.3. The molecular formula is C15H11O4. The van der Waals surface area contributed by atoms with Crippen LogP contribution in [0.15, 0.2) is 48.5 Å². The molecule has 0 aliphatic rings. The highest BCUT2D eigenvalue weighted by Crippen LogP contribution is 2.14. The van der Waals surface area contributed by atoms with Crippen LogP contribution in [0.2, 0.25) is 0 Å². The zero-order chi connectivity index (χ0) is 13.8. The Balaban J connectivity index is 2.08. The average Bonchev–Trinajstić information content (AvgIpc) is 2.40. The highest BCUT2D eigenvalue weighted by Gasteiger charge is 2.14. The molecular weight excluding hydrogens is 244 g/mol. The minimum atomic E-state index is -0.432. The predicted molar refractivity (Wildman–Crippen MR) is 69.2 cm³/mol. The maximum absolute atomic E-state index is 11.8. The maximum Gasteiger partial charge on any atom is 0.174 e. The molecule has 0 fully saturated rings. The van der Waals surface area contributed by atoms with E-state index in [4.69, 9.17) is 10.2 Å². The maximum atomic E-state index is 11.8. The lowest BCUT2D eigenvalue weighted by molar-refractivity contribution is 0.0956. The first-order chi connectivity index (χ1) is 9.06. The fourth-order valence-corrected chi connectivity index (χ4v) is 1.54. The molecule has 1 radical (unpaired) electrons. The Hall–Kier alpha value is -2.62. The lowest BCUT2D eigenvalue weighted by Gasteiger charge is -2.01. The number of carbonyl (C=O) groups excluding carboxylic acids is 2. The van der Waals surface area contributed by atoms with Crippen LogP contribution in [0.4, 0.5) is 0 Å². The summed E-state index contributed by atoms with van der Waals surface area (Å²) in [5.74, 6) is -0.751. The highest BCUT2D eigenvalue weighted by atomic mass is 16.3. The normalized spacial score (nSPS) is 10.1. The minimum absolute atomic E-state index is 0.0569. The molecule has 4 nitrogen and oxygen atoms in total. The van der Waals surface area contributed by atoms with E-state index < -0.39 is 11.6 Å². The molecule has 0 aromatic heterocycles. The summed E-state index contributed by atoms with van der Waals surface area (Å²) >= 11 is 0. The van der Waals surface area contributed by atoms with Crippen molar-refractivity contribution in [1.82, 2.24) is 0 Å². The van der Waals surface area contributed by atoms with Gasteiger partial charge in [0, 0.05) is 11.1 Å². The first-order valence-electron chi connectivity index (χ1n) is 5.58. The van der Waals surface area contributed by atoms with E-state index in [1.54, 1.807) is 0 Å². The summed E-state index contributed by atoms with van der Waals surface area (Å²) in [6.07, 6.45) is 0.985. The fourth-order valence-electron chi connectivity index (χ4n) is 1.54. The van der Waals surface area contributed by atoms with E-state index in [0.29, 0.717) is 11.1 Å². The van der Waals surface area contributed by atoms with Crippen LogP contribution in [-0.2, 0) is 0 Å². The number of aromatic hydroxyl groups is 2. The van der Waals surface area contributed by atoms with Gasteiger partial charge in [-0.15, -0.1) is 0 Å². The first kappa shape index (κ1) is 12.8. The molecule has 0 unspecified atom stereocenters. The Morgan fingerprint density at radius 3 is 1.32 bits per heavy atom. The number of benzene rings is 2. The molecule has 4 heteroatoms. The second-order valence-electron chi connectivity index (χ2n) is 3.97. The summed E-state index contributed by atoms with van der Waals surface area (Å²) < 4.78 is 0. The zero-order valence-electron chi connectivity index (χ0n) is 9.91. The van der Waals surface area contributed by atoms with Crippen molar-refractivity contribution in [3.05, 3.63) is 66.1 Å². The van der Waals surface area contributed by atoms with Gasteiger partial charge in [-0.25, -0.2) is 0 Å². The van der Waals surface area contributed by atoms with Crippen molar-refractivity contribution in [3.8, 4) is 11.5 Å². The zero-order valence-corrected chi connectivity index (χ0v) is 9.91. The van der Waals surface area contributed by atoms with Crippen LogP contribution in [0.1, 0.15) is 20.7 Å². The first-order valence-corrected chi connectivity index (χ1v) is 5.58. The number of Topliss-reactive ketones (excluding diaryl/α,β-unsaturated/α-hetero) is 2. The smallest absolute Gasteiger partial charge is 0.174 e. The van der Waals surface area contributed by atoms with Crippen molar-refractivity contribution < 1.29 is 19.8 Å². The van der Waals surface area contributed by atoms with Gasteiger partial charge in [-0.1, -0.05) is 0 Å². The fraction of sp³-hybridized carbons (Fsp3) is 0. The van der Waals surface area contributed by atoms with Gasteiger partial charge >= 0.3 is 0 Å². The van der Waals surface area contributed by atoms with E-state index in [1.807, 2.05) is 0 Å². The van der Waals surface area contributed by atoms with Crippen molar-refractivity contribution in [2.75, 3.05) is 0 Å². The van der Waals surface area contributed by atoms with Crippen LogP contribution in [0, 0.1) is 6.42 Å². The largest absolute Gasteiger partial charge is 0.508 e. The Labute approximate surface area is 109 Å². The molecule has 0 saturated heterocycles. The van der Waals surface area contributed by atoms with Crippen molar-refractivity contribution in [2.24, 2.45) is 0 Å². The predicted octanol–water partition coefficient (Wildman–Crippen LogP) is 2.37. The number of hydrogen-bond donors (Lipinski definition) is 2. The van der Waals surface area contributed by atoms with Gasteiger partial charge in [-0.05, 0) is 48.5 Å². The quantitative estimate of drug-likeness (QED) is 0.649. The van der Waals surface area contributed by atoms with E-state index in [9.17, 15) is 9.59 Å². The summed E-state index contributed by atoms with van der Waals surface area (Å²) in [7, 11) is 0. The van der Waals surface area contributed by atoms with Crippen molar-refractivity contribution in [2.45, 2.75) is 0 Å². The van der Waals surface area contributed by atoms with Gasteiger partial charge in [-0.2, -0.15) is 0 Å². The molecule has 0 aliphatic carbocycles. The Morgan fingerprint density at radius 1 is 0.684 bits per heavy atom. The molecule has 2 rings (SSSR count). The van der Waals surface area contributed by atoms with Gasteiger partial charge in [0.1, 0.15) is 17.9 Å². The van der Waals surface area contributed by atoms with Crippen LogP contribution < -0.4 is 0 Å². The molecule has 0 heterocycles. The lowest BCUT2D eigenvalue weighted by atomic mass is 10.0. The third kappa shape index (κ3) is 3.19. The number of rotatable bonds is 4. The molecule has 0 atom stereocenters. The molecule has 0 saturated carbocycles. The molecule has 2 aromatic rings. The van der Waals surface area contributed by atoms with E-state index in [0.717, 1.165) is 6.42 Å². The second kappa shape index (κ2) is 5.35. The van der Waals surface area contributed by atoms with Gasteiger partial charge in [0.05, 0.1) is 0 Å². The standard InChI is InChI=1S/C15H11O4/c16-12-5-1-10(2-6-12)14(18)9-15(19)11-3-7-13(17)8-4-11/h1-9,16-17H. The Kier molecular flexibility index (Phi) is 3.61. The minimum Gasteiger partial charge on any atom is -0.508 e. The molecule has 0 spiro atoms. The van der Waals surface area contributed by atoms with E-state index in [2.05, 4.69) is 0 Å². The summed E-state index contributed by atoms with van der Waals surface area (Å²) in [4.78, 5) is 23.6. The van der Waals surface area contributed by atoms with E-state index >= 15 is 0 Å². The van der Waals surface area contributed by atoms with Crippen molar-refractivity contribution in [1.29, 1.82) is 0 Å². The molecule has 19 heavy (non-hydrogen) atoms. The Bertz CT molecular complexity index is 542. The van der Waals surface area contributed by atoms with Gasteiger partial charge in [0.15, 0.2) is 11.6 Å². The third-order valence-electron chi connectivity index (χ3n) is 2.57. The summed E-state index contributed by atoms with van der Waals surface area (Å²) in [5.41, 5.74) is 0.648. The van der Waals surface area contributed by atoms with Gasteiger partial charge in [0.25, 0.3) is 0 Å². The van der Waals surface area contributed by atoms with E-state index in [1.165, 1.54) is 48.5 Å². The monoisotopic (exact) mass is 255 g/mol. The molecule has 2 aromatic carbocycles. The molecule has 0 amide bonds. The molecule has 0 aliphatic heterocycles. The topological polar surface area (TPSA) is 74.6 Å². The number of phenols is 2. The van der Waals surface area contributed by atoms with Gasteiger partial charge in [-0.3, -0.25) is 9.59 Å². The Morgan fingerprint density at radius 2 is 1.00 bits per heavy atom. The van der Waals surface area contributed by atoms with Crippen LogP contribution in [0.25, 0.3) is 0 Å². The number of hydrogen-bond acceptors (Lipinski definition) is 4. The van der Waals surface area contributed by atoms with Gasteiger partial charge in [0.2, 0.25) is 0 Å². The number of carbonyl (C=O) groups is 2. The second-order valence-corrected chi connectivity index (χ2v) is 3.97. The number of phenolic OH excluding ortho intramolecular Hbond substituents is 2. The van der Waals surface area contributed by atoms with Crippen LogP contribution in [0.5, 0.6) is 11.5 Å². The average molecular weight is 255 g/mol. The lowest BCUT2D eigenvalue weighted by Crippen LogP contribution is -2.09. The van der Waals surface area contributed by atoms with Crippen LogP contribution in [-0.4, -0.2) is 21.8 Å². The summed E-state index contributed by atoms with van der Waals surface area (Å²) in [5, 5.41) is 18.2. The molecule has 95 valence electrons. The SMILES string of the molecule is O=C([CH]C(=O)c1ccc(O)cc1)c1ccc(O)cc1. The van der Waals surface area contributed by atoms with Gasteiger partial charge < -0.3 is 10.2 Å². The third-order valence-corrected chi connectivity index (χ3v) is 2.57. The number of ketones is 2. The van der Waals surface area contributed by atoms with Crippen molar-refractivity contribution in [3.63, 3.8) is 0 Å². The molecule has 2 N–H and O–H groups in total. The highest BCUT2D eigenvalue weighted by molar-refractivity contribution is 6.22. The molecule has 0 bridgehead atoms. The van der Waals surface area contributed by atoms with Crippen LogP contribution in [0.3, 0.4) is 0 Å².